The van der Waals surface area contributed by atoms with Gasteiger partial charge in [-0.05, 0) is 59.7 Å². The van der Waals surface area contributed by atoms with Gasteiger partial charge in [0, 0.05) is 18.2 Å². The molecule has 1 N–H and O–H groups in total. The second-order valence-corrected chi connectivity index (χ2v) is 5.93. The van der Waals surface area contributed by atoms with Crippen LogP contribution in [0, 0.1) is 0 Å². The van der Waals surface area contributed by atoms with E-state index in [1.54, 1.807) is 0 Å². The van der Waals surface area contributed by atoms with Gasteiger partial charge in [-0.25, -0.2) is 0 Å². The average Bonchev–Trinajstić information content (AvgIpc) is 2.86. The van der Waals surface area contributed by atoms with Gasteiger partial charge in [-0.2, -0.15) is 0 Å². The third kappa shape index (κ3) is 3.94. The molecule has 1 saturated heterocycles. The maximum absolute atomic E-state index is 5.75. The van der Waals surface area contributed by atoms with Gasteiger partial charge in [0.15, 0.2) is 0 Å². The first-order valence-electron chi connectivity index (χ1n) is 7.57. The van der Waals surface area contributed by atoms with Crippen LogP contribution in [-0.2, 0) is 4.74 Å². The molecule has 1 aliphatic heterocycles. The lowest BCUT2D eigenvalue weighted by atomic mass is 9.84. The maximum Gasteiger partial charge on any atom is 0.0576 e. The Bertz CT molecular complexity index is 227. The van der Waals surface area contributed by atoms with Crippen molar-refractivity contribution >= 4 is 0 Å². The van der Waals surface area contributed by atoms with Crippen molar-refractivity contribution in [3.8, 4) is 0 Å². The predicted octanol–water partition coefficient (Wildman–Crippen LogP) is 2.65. The minimum Gasteiger partial charge on any atom is -0.378 e. The van der Waals surface area contributed by atoms with Crippen molar-refractivity contribution in [1.29, 1.82) is 0 Å². The molecular formula is C15H32N2O. The number of likely N-dealkylation sites (N-methyl/N-ethyl adjacent to an activating group) is 2. The van der Waals surface area contributed by atoms with Gasteiger partial charge in [0.2, 0.25) is 0 Å². The molecule has 3 nitrogen and oxygen atoms in total. The second-order valence-electron chi connectivity index (χ2n) is 5.93. The monoisotopic (exact) mass is 256 g/mol. The Hall–Kier alpha value is -0.120. The van der Waals surface area contributed by atoms with Crippen molar-refractivity contribution in [2.24, 2.45) is 0 Å². The third-order valence-electron chi connectivity index (χ3n) is 4.74. The molecule has 0 saturated carbocycles. The van der Waals surface area contributed by atoms with Crippen molar-refractivity contribution in [2.75, 3.05) is 27.2 Å². The number of rotatable bonds is 8. The molecule has 0 aromatic carbocycles. The zero-order valence-electron chi connectivity index (χ0n) is 13.0. The molecule has 0 spiro atoms. The topological polar surface area (TPSA) is 24.5 Å². The minimum atomic E-state index is 0.231. The normalized spacial score (nSPS) is 25.3. The largest absolute Gasteiger partial charge is 0.378 e. The summed E-state index contributed by atoms with van der Waals surface area (Å²) in [5, 5.41) is 3.68. The fourth-order valence-electron chi connectivity index (χ4n) is 2.98. The molecule has 0 radical (unpaired) electrons. The summed E-state index contributed by atoms with van der Waals surface area (Å²) in [4.78, 5) is 2.37. The van der Waals surface area contributed by atoms with Crippen LogP contribution in [-0.4, -0.2) is 49.8 Å². The van der Waals surface area contributed by atoms with E-state index in [1.807, 2.05) is 0 Å². The summed E-state index contributed by atoms with van der Waals surface area (Å²) in [6.45, 7) is 8.87. The highest BCUT2D eigenvalue weighted by atomic mass is 16.5. The standard InChI is InChI=1S/C15H32N2O/c1-6-15(3,17(4)5)14(16-7-2)11-10-13-9-8-12-18-13/h13-14,16H,6-12H2,1-5H3. The molecule has 1 aliphatic rings. The summed E-state index contributed by atoms with van der Waals surface area (Å²) in [6, 6.07) is 0.548. The van der Waals surface area contributed by atoms with Gasteiger partial charge in [0.1, 0.15) is 0 Å². The number of nitrogens with one attached hydrogen (secondary N) is 1. The van der Waals surface area contributed by atoms with Crippen LogP contribution in [0.1, 0.15) is 52.9 Å². The third-order valence-corrected chi connectivity index (χ3v) is 4.74. The van der Waals surface area contributed by atoms with E-state index in [0.717, 1.165) is 13.2 Å². The number of hydrogen-bond acceptors (Lipinski definition) is 3. The fourth-order valence-corrected chi connectivity index (χ4v) is 2.98. The van der Waals surface area contributed by atoms with E-state index in [4.69, 9.17) is 4.74 Å². The van der Waals surface area contributed by atoms with Gasteiger partial charge in [-0.1, -0.05) is 13.8 Å². The molecule has 3 heteroatoms. The Kier molecular flexibility index (Phi) is 6.61. The van der Waals surface area contributed by atoms with E-state index >= 15 is 0 Å². The van der Waals surface area contributed by atoms with E-state index in [2.05, 4.69) is 45.1 Å². The average molecular weight is 256 g/mol. The smallest absolute Gasteiger partial charge is 0.0576 e. The highest BCUT2D eigenvalue weighted by Gasteiger charge is 2.34. The summed E-state index contributed by atoms with van der Waals surface area (Å²) >= 11 is 0. The van der Waals surface area contributed by atoms with Crippen molar-refractivity contribution < 1.29 is 4.74 Å². The van der Waals surface area contributed by atoms with E-state index < -0.39 is 0 Å². The molecule has 0 amide bonds. The molecular weight excluding hydrogens is 224 g/mol. The van der Waals surface area contributed by atoms with Gasteiger partial charge in [0.05, 0.1) is 6.10 Å². The van der Waals surface area contributed by atoms with E-state index in [9.17, 15) is 0 Å². The number of nitrogens with zero attached hydrogens (tertiary/aromatic N) is 1. The summed E-state index contributed by atoms with van der Waals surface area (Å²) in [7, 11) is 4.39. The van der Waals surface area contributed by atoms with E-state index in [0.29, 0.717) is 12.1 Å². The van der Waals surface area contributed by atoms with Gasteiger partial charge < -0.3 is 15.0 Å². The lowest BCUT2D eigenvalue weighted by Crippen LogP contribution is -2.57. The molecule has 18 heavy (non-hydrogen) atoms. The first-order chi connectivity index (χ1) is 8.54. The molecule has 3 atom stereocenters. The Morgan fingerprint density at radius 2 is 2.11 bits per heavy atom. The quantitative estimate of drug-likeness (QED) is 0.722. The van der Waals surface area contributed by atoms with Gasteiger partial charge >= 0.3 is 0 Å². The van der Waals surface area contributed by atoms with Crippen LogP contribution in [0.2, 0.25) is 0 Å². The zero-order valence-corrected chi connectivity index (χ0v) is 13.0. The van der Waals surface area contributed by atoms with E-state index in [1.165, 1.54) is 32.1 Å². The predicted molar refractivity (Wildman–Crippen MR) is 78.1 cm³/mol. The number of hydrogen-bond donors (Lipinski definition) is 1. The molecule has 0 bridgehead atoms. The summed E-state index contributed by atoms with van der Waals surface area (Å²) < 4.78 is 5.75. The summed E-state index contributed by atoms with van der Waals surface area (Å²) in [6.07, 6.45) is 6.58. The highest BCUT2D eigenvalue weighted by Crippen LogP contribution is 2.26. The summed E-state index contributed by atoms with van der Waals surface area (Å²) in [5.74, 6) is 0. The van der Waals surface area contributed by atoms with Crippen molar-refractivity contribution in [3.05, 3.63) is 0 Å². The van der Waals surface area contributed by atoms with Crippen LogP contribution in [0.4, 0.5) is 0 Å². The molecule has 0 aromatic rings. The lowest BCUT2D eigenvalue weighted by molar-refractivity contribution is 0.0748. The van der Waals surface area contributed by atoms with Crippen LogP contribution in [0.15, 0.2) is 0 Å². The molecule has 0 aromatic heterocycles. The second kappa shape index (κ2) is 7.46. The number of ether oxygens (including phenoxy) is 1. The first-order valence-corrected chi connectivity index (χ1v) is 7.57. The molecule has 1 rings (SSSR count). The Morgan fingerprint density at radius 3 is 2.56 bits per heavy atom. The van der Waals surface area contributed by atoms with Crippen molar-refractivity contribution in [1.82, 2.24) is 10.2 Å². The van der Waals surface area contributed by atoms with Crippen LogP contribution < -0.4 is 5.32 Å². The van der Waals surface area contributed by atoms with Crippen LogP contribution in [0.5, 0.6) is 0 Å². The molecule has 3 unspecified atom stereocenters. The molecule has 108 valence electrons. The Morgan fingerprint density at radius 1 is 1.39 bits per heavy atom. The zero-order chi connectivity index (χ0) is 13.6. The lowest BCUT2D eigenvalue weighted by Gasteiger charge is -2.43. The first kappa shape index (κ1) is 15.9. The molecule has 1 heterocycles. The van der Waals surface area contributed by atoms with Gasteiger partial charge in [-0.15, -0.1) is 0 Å². The Labute approximate surface area is 113 Å². The van der Waals surface area contributed by atoms with Gasteiger partial charge in [0.25, 0.3) is 0 Å². The highest BCUT2D eigenvalue weighted by molar-refractivity contribution is 4.94. The van der Waals surface area contributed by atoms with Gasteiger partial charge in [-0.3, -0.25) is 0 Å². The maximum atomic E-state index is 5.75. The van der Waals surface area contributed by atoms with Crippen molar-refractivity contribution in [2.45, 2.75) is 70.6 Å². The Balaban J connectivity index is 2.56. The SMILES string of the molecule is CCNC(CCC1CCCO1)C(C)(CC)N(C)C. The van der Waals surface area contributed by atoms with E-state index in [-0.39, 0.29) is 5.54 Å². The van der Waals surface area contributed by atoms with Crippen molar-refractivity contribution in [3.63, 3.8) is 0 Å². The summed E-state index contributed by atoms with van der Waals surface area (Å²) in [5.41, 5.74) is 0.231. The van der Waals surface area contributed by atoms with Crippen LogP contribution in [0.3, 0.4) is 0 Å². The fraction of sp³-hybridized carbons (Fsp3) is 1.00. The van der Waals surface area contributed by atoms with Crippen LogP contribution in [0.25, 0.3) is 0 Å². The molecule has 1 fully saturated rings. The minimum absolute atomic E-state index is 0.231. The van der Waals surface area contributed by atoms with Crippen LogP contribution >= 0.6 is 0 Å². The molecule has 0 aliphatic carbocycles.